The fourth-order valence-electron chi connectivity index (χ4n) is 4.09. The minimum Gasteiger partial charge on any atom is -0.444 e. The van der Waals surface area contributed by atoms with Crippen molar-refractivity contribution in [1.29, 1.82) is 0 Å². The van der Waals surface area contributed by atoms with E-state index in [1.807, 2.05) is 37.3 Å². The van der Waals surface area contributed by atoms with Crippen LogP contribution in [-0.4, -0.2) is 40.8 Å². The van der Waals surface area contributed by atoms with Crippen molar-refractivity contribution >= 4 is 12.0 Å². The fraction of sp³-hybridized carbons (Fsp3) is 0.619. The molecule has 1 saturated heterocycles. The van der Waals surface area contributed by atoms with Crippen LogP contribution in [0.25, 0.3) is 0 Å². The third-order valence-corrected chi connectivity index (χ3v) is 5.72. The van der Waals surface area contributed by atoms with E-state index in [0.717, 1.165) is 12.0 Å². The molecule has 1 aliphatic heterocycles. The van der Waals surface area contributed by atoms with E-state index in [4.69, 9.17) is 4.74 Å². The van der Waals surface area contributed by atoms with Crippen molar-refractivity contribution < 1.29 is 18.7 Å². The predicted octanol–water partition coefficient (Wildman–Crippen LogP) is 3.99. The summed E-state index contributed by atoms with van der Waals surface area (Å²) in [7, 11) is 0. The molecule has 5 nitrogen and oxygen atoms in total. The van der Waals surface area contributed by atoms with Gasteiger partial charge in [-0.05, 0) is 52.5 Å². The molecule has 27 heavy (non-hydrogen) atoms. The number of ether oxygens (including phenoxy) is 1. The summed E-state index contributed by atoms with van der Waals surface area (Å²) in [5, 5.41) is 2.90. The Morgan fingerprint density at radius 3 is 2.44 bits per heavy atom. The Hall–Kier alpha value is -2.11. The molecule has 1 heterocycles. The van der Waals surface area contributed by atoms with Gasteiger partial charge in [0.15, 0.2) is 6.17 Å². The van der Waals surface area contributed by atoms with E-state index >= 15 is 4.39 Å². The molecule has 0 radical (unpaired) electrons. The molecule has 0 aromatic heterocycles. The Morgan fingerprint density at radius 1 is 1.30 bits per heavy atom. The second-order valence-electron chi connectivity index (χ2n) is 8.72. The first-order chi connectivity index (χ1) is 12.6. The maximum absolute atomic E-state index is 15.0. The van der Waals surface area contributed by atoms with Crippen LogP contribution in [0.1, 0.15) is 58.6 Å². The van der Waals surface area contributed by atoms with Crippen molar-refractivity contribution in [3.8, 4) is 0 Å². The molecule has 1 saturated carbocycles. The lowest BCUT2D eigenvalue weighted by Crippen LogP contribution is -2.61. The monoisotopic (exact) mass is 376 g/mol. The highest BCUT2D eigenvalue weighted by Gasteiger charge is 2.56. The van der Waals surface area contributed by atoms with Crippen LogP contribution in [-0.2, 0) is 9.53 Å². The van der Waals surface area contributed by atoms with Crippen LogP contribution in [0.2, 0.25) is 0 Å². The minimum atomic E-state index is -1.61. The van der Waals surface area contributed by atoms with Crippen molar-refractivity contribution in [2.75, 3.05) is 6.54 Å². The lowest BCUT2D eigenvalue weighted by molar-refractivity contribution is -0.134. The number of rotatable bonds is 4. The predicted molar refractivity (Wildman–Crippen MR) is 101 cm³/mol. The lowest BCUT2D eigenvalue weighted by atomic mass is 9.67. The number of benzene rings is 1. The molecule has 1 unspecified atom stereocenters. The zero-order chi connectivity index (χ0) is 19.8. The molecule has 1 aliphatic carbocycles. The summed E-state index contributed by atoms with van der Waals surface area (Å²) in [5.74, 6) is -1.05. The number of carbonyl (C=O) groups excluding carboxylic acids is 2. The molecule has 3 rings (SSSR count). The van der Waals surface area contributed by atoms with Crippen LogP contribution < -0.4 is 5.32 Å². The average Bonchev–Trinajstić information content (AvgIpc) is 2.86. The van der Waals surface area contributed by atoms with Crippen LogP contribution in [0, 0.1) is 5.92 Å². The van der Waals surface area contributed by atoms with Crippen LogP contribution in [0.5, 0.6) is 0 Å². The Morgan fingerprint density at radius 2 is 1.93 bits per heavy atom. The Balaban J connectivity index is 1.75. The van der Waals surface area contributed by atoms with E-state index in [9.17, 15) is 9.59 Å². The second kappa shape index (κ2) is 7.13. The summed E-state index contributed by atoms with van der Waals surface area (Å²) >= 11 is 0. The van der Waals surface area contributed by atoms with Crippen LogP contribution in [0.3, 0.4) is 0 Å². The van der Waals surface area contributed by atoms with Gasteiger partial charge < -0.3 is 15.0 Å². The fourth-order valence-corrected chi connectivity index (χ4v) is 4.09. The number of amides is 2. The van der Waals surface area contributed by atoms with E-state index in [1.165, 1.54) is 0 Å². The van der Waals surface area contributed by atoms with Crippen LogP contribution in [0.4, 0.5) is 9.18 Å². The normalized spacial score (nSPS) is 25.7. The quantitative estimate of drug-likeness (QED) is 0.864. The summed E-state index contributed by atoms with van der Waals surface area (Å²) in [6.45, 7) is 7.59. The summed E-state index contributed by atoms with van der Waals surface area (Å²) < 4.78 is 20.4. The third-order valence-electron chi connectivity index (χ3n) is 5.72. The molecular formula is C21H29FN2O3. The maximum atomic E-state index is 15.0. The molecule has 1 aromatic carbocycles. The van der Waals surface area contributed by atoms with Gasteiger partial charge in [0.2, 0.25) is 0 Å². The van der Waals surface area contributed by atoms with Gasteiger partial charge in [-0.25, -0.2) is 9.18 Å². The van der Waals surface area contributed by atoms with Gasteiger partial charge in [-0.1, -0.05) is 30.3 Å². The highest BCUT2D eigenvalue weighted by Crippen LogP contribution is 2.45. The number of halogens is 1. The SMILES string of the molecule is C[C@@H](c1ccccc1)N1C[C@H](C2(NC(=O)OC(C)(C)C)CCC2)C(F)C1=O. The second-order valence-corrected chi connectivity index (χ2v) is 8.72. The number of carbonyl (C=O) groups is 2. The first kappa shape index (κ1) is 19.6. The molecule has 148 valence electrons. The molecule has 2 aliphatic rings. The Bertz CT molecular complexity index is 697. The van der Waals surface area contributed by atoms with Gasteiger partial charge >= 0.3 is 6.09 Å². The van der Waals surface area contributed by atoms with Crippen molar-refractivity contribution in [2.24, 2.45) is 5.92 Å². The molecule has 2 amide bonds. The third kappa shape index (κ3) is 3.94. The number of alkyl halides is 1. The zero-order valence-electron chi connectivity index (χ0n) is 16.5. The smallest absolute Gasteiger partial charge is 0.408 e. The highest BCUT2D eigenvalue weighted by atomic mass is 19.1. The van der Waals surface area contributed by atoms with Crippen LogP contribution in [0.15, 0.2) is 30.3 Å². The van der Waals surface area contributed by atoms with E-state index in [1.54, 1.807) is 25.7 Å². The number of hydrogen-bond acceptors (Lipinski definition) is 3. The summed E-state index contributed by atoms with van der Waals surface area (Å²) in [4.78, 5) is 26.5. The molecule has 0 spiro atoms. The Labute approximate surface area is 160 Å². The topological polar surface area (TPSA) is 58.6 Å². The summed E-state index contributed by atoms with van der Waals surface area (Å²) in [6.07, 6.45) is 0.0837. The first-order valence-corrected chi connectivity index (χ1v) is 9.64. The number of alkyl carbamates (subject to hydrolysis) is 1. The molecular weight excluding hydrogens is 347 g/mol. The summed E-state index contributed by atoms with van der Waals surface area (Å²) in [5.41, 5.74) is -0.354. The first-order valence-electron chi connectivity index (χ1n) is 9.64. The maximum Gasteiger partial charge on any atom is 0.408 e. The van der Waals surface area contributed by atoms with E-state index in [-0.39, 0.29) is 6.04 Å². The van der Waals surface area contributed by atoms with Crippen molar-refractivity contribution in [2.45, 2.75) is 70.3 Å². The number of hydrogen-bond donors (Lipinski definition) is 1. The molecule has 1 aromatic rings. The summed E-state index contributed by atoms with van der Waals surface area (Å²) in [6, 6.07) is 9.41. The van der Waals surface area contributed by atoms with E-state index < -0.39 is 35.2 Å². The van der Waals surface area contributed by atoms with E-state index in [2.05, 4.69) is 5.32 Å². The van der Waals surface area contributed by atoms with Gasteiger partial charge in [0, 0.05) is 12.5 Å². The molecule has 3 atom stereocenters. The van der Waals surface area contributed by atoms with Crippen molar-refractivity contribution in [3.63, 3.8) is 0 Å². The number of nitrogens with zero attached hydrogens (tertiary/aromatic N) is 1. The number of likely N-dealkylation sites (tertiary alicyclic amines) is 1. The zero-order valence-corrected chi connectivity index (χ0v) is 16.5. The van der Waals surface area contributed by atoms with Gasteiger partial charge in [-0.15, -0.1) is 0 Å². The minimum absolute atomic E-state index is 0.208. The van der Waals surface area contributed by atoms with Gasteiger partial charge in [0.1, 0.15) is 5.60 Å². The van der Waals surface area contributed by atoms with Crippen LogP contribution >= 0.6 is 0 Å². The molecule has 1 N–H and O–H groups in total. The van der Waals surface area contributed by atoms with Gasteiger partial charge in [0.25, 0.3) is 5.91 Å². The Kier molecular flexibility index (Phi) is 5.19. The van der Waals surface area contributed by atoms with Crippen molar-refractivity contribution in [1.82, 2.24) is 10.2 Å². The van der Waals surface area contributed by atoms with Gasteiger partial charge in [-0.2, -0.15) is 0 Å². The van der Waals surface area contributed by atoms with Gasteiger partial charge in [0.05, 0.1) is 11.6 Å². The van der Waals surface area contributed by atoms with Crippen molar-refractivity contribution in [3.05, 3.63) is 35.9 Å². The largest absolute Gasteiger partial charge is 0.444 e. The lowest BCUT2D eigenvalue weighted by Gasteiger charge is -2.47. The molecule has 6 heteroatoms. The standard InChI is InChI=1S/C21H29FN2O3/c1-14(15-9-6-5-7-10-15)24-13-16(17(22)18(24)25)21(11-8-12-21)23-19(26)27-20(2,3)4/h5-7,9-10,14,16-17H,8,11-13H2,1-4H3,(H,23,26)/t14-,16-,17?/m0/s1. The average molecular weight is 376 g/mol. The molecule has 2 fully saturated rings. The molecule has 0 bridgehead atoms. The highest BCUT2D eigenvalue weighted by molar-refractivity contribution is 5.84. The van der Waals surface area contributed by atoms with E-state index in [0.29, 0.717) is 19.4 Å². The van der Waals surface area contributed by atoms with Gasteiger partial charge in [-0.3, -0.25) is 4.79 Å². The number of nitrogens with one attached hydrogen (secondary N) is 1.